The molecule has 2 aliphatic heterocycles. The summed E-state index contributed by atoms with van der Waals surface area (Å²) >= 11 is 0. The molecule has 0 saturated carbocycles. The highest BCUT2D eigenvalue weighted by atomic mass is 19.4. The van der Waals surface area contributed by atoms with Gasteiger partial charge < -0.3 is 15.3 Å². The molecule has 0 amide bonds. The summed E-state index contributed by atoms with van der Waals surface area (Å²) in [7, 11) is 0. The Morgan fingerprint density at radius 1 is 0.702 bits per heavy atom. The Morgan fingerprint density at radius 2 is 1.15 bits per heavy atom. The lowest BCUT2D eigenvalue weighted by Crippen LogP contribution is -2.49. The van der Waals surface area contributed by atoms with Crippen molar-refractivity contribution in [2.24, 2.45) is 5.41 Å². The average Bonchev–Trinajstić information content (AvgIpc) is 2.96. The van der Waals surface area contributed by atoms with E-state index in [-0.39, 0.29) is 0 Å². The van der Waals surface area contributed by atoms with Crippen molar-refractivity contribution >= 4 is 17.9 Å². The van der Waals surface area contributed by atoms with Crippen molar-refractivity contribution in [3.8, 4) is 0 Å². The van der Waals surface area contributed by atoms with Crippen LogP contribution in [0.25, 0.3) is 0 Å². The fourth-order valence-corrected chi connectivity index (χ4v) is 4.74. The Morgan fingerprint density at radius 3 is 1.55 bits per heavy atom. The number of aromatic nitrogens is 1. The maximum absolute atomic E-state index is 10.6. The van der Waals surface area contributed by atoms with Crippen molar-refractivity contribution in [1.82, 2.24) is 14.8 Å². The molecule has 18 heteroatoms. The lowest BCUT2D eigenvalue weighted by atomic mass is 9.72. The standard InChI is InChI=1S/C23H31N3.3C2HF3O2/c1-20-5-7-21(8-6-20)17-26-13-3-9-23(19-26)10-14-25(15-11-23)18-22-4-2-12-24-16-22;3*3-2(4,5)1(6)7/h2,4-8,12,16H,3,9-11,13-15,17-19H2,1H3;3*(H,6,7). The molecule has 0 unspecified atom stereocenters. The van der Waals surface area contributed by atoms with E-state index >= 15 is 0 Å². The maximum Gasteiger partial charge on any atom is 0.490 e. The fraction of sp³-hybridized carbons (Fsp3) is 0.517. The van der Waals surface area contributed by atoms with Gasteiger partial charge in [0.2, 0.25) is 0 Å². The van der Waals surface area contributed by atoms with E-state index in [4.69, 9.17) is 29.7 Å². The molecule has 2 saturated heterocycles. The minimum atomic E-state index is -5.08. The quantitative estimate of drug-likeness (QED) is 0.323. The number of carbonyl (C=O) groups is 3. The molecule has 1 aromatic carbocycles. The Labute approximate surface area is 263 Å². The molecule has 2 aromatic rings. The van der Waals surface area contributed by atoms with E-state index < -0.39 is 36.4 Å². The van der Waals surface area contributed by atoms with E-state index in [1.54, 1.807) is 0 Å². The molecule has 264 valence electrons. The van der Waals surface area contributed by atoms with Gasteiger partial charge in [0.25, 0.3) is 0 Å². The molecule has 1 aromatic heterocycles. The highest BCUT2D eigenvalue weighted by Crippen LogP contribution is 2.40. The molecule has 0 bridgehead atoms. The normalized spacial score (nSPS) is 16.7. The highest BCUT2D eigenvalue weighted by Gasteiger charge is 2.40. The van der Waals surface area contributed by atoms with Gasteiger partial charge in [-0.2, -0.15) is 39.5 Å². The molecule has 0 radical (unpaired) electrons. The van der Waals surface area contributed by atoms with Gasteiger partial charge in [0.1, 0.15) is 0 Å². The molecule has 3 N–H and O–H groups in total. The van der Waals surface area contributed by atoms with Crippen LogP contribution in [-0.4, -0.2) is 92.7 Å². The molecule has 9 nitrogen and oxygen atoms in total. The van der Waals surface area contributed by atoms with Gasteiger partial charge in [-0.25, -0.2) is 14.4 Å². The molecule has 2 fully saturated rings. The predicted octanol–water partition coefficient (Wildman–Crippen LogP) is 6.17. The monoisotopic (exact) mass is 691 g/mol. The minimum absolute atomic E-state index is 0.550. The number of carboxylic acid groups (broad SMARTS) is 3. The Kier molecular flexibility index (Phi) is 15.6. The molecular weight excluding hydrogens is 657 g/mol. The summed E-state index contributed by atoms with van der Waals surface area (Å²) < 4.78 is 95.2. The number of likely N-dealkylation sites (tertiary alicyclic amines) is 2. The van der Waals surface area contributed by atoms with Crippen LogP contribution in [0.5, 0.6) is 0 Å². The zero-order valence-corrected chi connectivity index (χ0v) is 25.0. The van der Waals surface area contributed by atoms with Crippen LogP contribution >= 0.6 is 0 Å². The lowest BCUT2D eigenvalue weighted by Gasteiger charge is -2.48. The summed E-state index contributed by atoms with van der Waals surface area (Å²) in [5.74, 6) is -8.27. The number of piperidine rings is 2. The van der Waals surface area contributed by atoms with Crippen LogP contribution in [0.3, 0.4) is 0 Å². The summed E-state index contributed by atoms with van der Waals surface area (Å²) in [6.07, 6.45) is -5.92. The van der Waals surface area contributed by atoms with Crippen molar-refractivity contribution in [2.45, 2.75) is 64.2 Å². The molecule has 0 aliphatic carbocycles. The fourth-order valence-electron chi connectivity index (χ4n) is 4.74. The van der Waals surface area contributed by atoms with Crippen LogP contribution in [0.1, 0.15) is 42.4 Å². The van der Waals surface area contributed by atoms with Gasteiger partial charge in [-0.15, -0.1) is 0 Å². The number of benzene rings is 1. The van der Waals surface area contributed by atoms with Gasteiger partial charge in [0.05, 0.1) is 0 Å². The zero-order valence-electron chi connectivity index (χ0n) is 25.0. The van der Waals surface area contributed by atoms with Gasteiger partial charge in [-0.3, -0.25) is 14.8 Å². The van der Waals surface area contributed by atoms with Gasteiger partial charge in [-0.1, -0.05) is 35.9 Å². The van der Waals surface area contributed by atoms with Crippen molar-refractivity contribution in [3.63, 3.8) is 0 Å². The first-order valence-electron chi connectivity index (χ1n) is 13.8. The Bertz CT molecular complexity index is 1210. The van der Waals surface area contributed by atoms with Crippen LogP contribution in [0.15, 0.2) is 48.8 Å². The van der Waals surface area contributed by atoms with Crippen molar-refractivity contribution in [3.05, 3.63) is 65.5 Å². The summed E-state index contributed by atoms with van der Waals surface area (Å²) in [6.45, 7) is 9.33. The summed E-state index contributed by atoms with van der Waals surface area (Å²) in [4.78, 5) is 36.3. The first-order valence-corrected chi connectivity index (χ1v) is 13.8. The largest absolute Gasteiger partial charge is 0.490 e. The topological polar surface area (TPSA) is 131 Å². The van der Waals surface area contributed by atoms with Crippen LogP contribution < -0.4 is 0 Å². The summed E-state index contributed by atoms with van der Waals surface area (Å²) in [5.41, 5.74) is 4.70. The number of pyridine rings is 1. The Hall–Kier alpha value is -3.93. The number of halogens is 9. The van der Waals surface area contributed by atoms with Crippen LogP contribution in [0.2, 0.25) is 0 Å². The van der Waals surface area contributed by atoms with E-state index in [1.165, 1.54) is 68.6 Å². The second-order valence-corrected chi connectivity index (χ2v) is 10.8. The van der Waals surface area contributed by atoms with Crippen molar-refractivity contribution in [1.29, 1.82) is 0 Å². The van der Waals surface area contributed by atoms with Crippen molar-refractivity contribution < 1.29 is 69.2 Å². The van der Waals surface area contributed by atoms with E-state index in [2.05, 4.69) is 52.0 Å². The Balaban J connectivity index is 0.000000430. The third-order valence-electron chi connectivity index (χ3n) is 7.04. The van der Waals surface area contributed by atoms with E-state index in [0.717, 1.165) is 13.1 Å². The van der Waals surface area contributed by atoms with Crippen LogP contribution in [0.4, 0.5) is 39.5 Å². The average molecular weight is 692 g/mol. The molecule has 4 rings (SSSR count). The highest BCUT2D eigenvalue weighted by molar-refractivity contribution is 5.73. The number of aliphatic carboxylic acids is 3. The number of carboxylic acids is 3. The third kappa shape index (κ3) is 16.5. The van der Waals surface area contributed by atoms with Crippen LogP contribution in [-0.2, 0) is 27.5 Å². The number of hydrogen-bond donors (Lipinski definition) is 3. The molecule has 3 heterocycles. The molecule has 0 atom stereocenters. The first-order chi connectivity index (χ1) is 21.5. The van der Waals surface area contributed by atoms with E-state index in [0.29, 0.717) is 5.41 Å². The number of hydrogen-bond acceptors (Lipinski definition) is 6. The van der Waals surface area contributed by atoms with Gasteiger partial charge in [0, 0.05) is 32.0 Å². The van der Waals surface area contributed by atoms with E-state index in [1.807, 2.05) is 18.5 Å². The number of nitrogens with zero attached hydrogens (tertiary/aromatic N) is 3. The zero-order chi connectivity index (χ0) is 36.1. The van der Waals surface area contributed by atoms with Crippen molar-refractivity contribution in [2.75, 3.05) is 26.2 Å². The second kappa shape index (κ2) is 17.8. The third-order valence-corrected chi connectivity index (χ3v) is 7.04. The van der Waals surface area contributed by atoms with Gasteiger partial charge in [0.15, 0.2) is 0 Å². The molecule has 2 aliphatic rings. The number of alkyl halides is 9. The summed E-state index contributed by atoms with van der Waals surface area (Å²) in [5, 5.41) is 21.4. The maximum atomic E-state index is 10.6. The predicted molar refractivity (Wildman–Crippen MR) is 148 cm³/mol. The lowest BCUT2D eigenvalue weighted by molar-refractivity contribution is -0.193. The second-order valence-electron chi connectivity index (χ2n) is 10.8. The van der Waals surface area contributed by atoms with E-state index in [9.17, 15) is 39.5 Å². The molecule has 1 spiro atoms. The molecule has 47 heavy (non-hydrogen) atoms. The molecular formula is C29H34F9N3O6. The summed E-state index contributed by atoms with van der Waals surface area (Å²) in [6, 6.07) is 13.3. The number of aryl methyl sites for hydroxylation is 1. The van der Waals surface area contributed by atoms with Crippen LogP contribution in [0, 0.1) is 12.3 Å². The minimum Gasteiger partial charge on any atom is -0.475 e. The SMILES string of the molecule is Cc1ccc(CN2CCCC3(CCN(Cc4cccnc4)CC3)C2)cc1.O=C(O)C(F)(F)F.O=C(O)C(F)(F)F.O=C(O)C(F)(F)F. The van der Waals surface area contributed by atoms with Gasteiger partial charge >= 0.3 is 36.4 Å². The number of rotatable bonds is 4. The first kappa shape index (κ1) is 41.1. The smallest absolute Gasteiger partial charge is 0.475 e. The van der Waals surface area contributed by atoms with Gasteiger partial charge in [-0.05, 0) is 74.8 Å².